The number of nitrogens with zero attached hydrogens (tertiary/aromatic N) is 1. The standard InChI is InChI=1S/C15H25NO4/c1-20-11-12-4-7-16(10-12)13(17)8-15(9-14(18)19)5-2-3-6-15/h12H,2-11H2,1H3,(H,18,19). The van der Waals surface area contributed by atoms with E-state index < -0.39 is 5.97 Å². The molecule has 0 aromatic rings. The second kappa shape index (κ2) is 6.57. The monoisotopic (exact) mass is 283 g/mol. The zero-order valence-electron chi connectivity index (χ0n) is 12.3. The van der Waals surface area contributed by atoms with E-state index in [0.717, 1.165) is 45.2 Å². The number of likely N-dealkylation sites (tertiary alicyclic amines) is 1. The maximum Gasteiger partial charge on any atom is 0.303 e. The number of aliphatic carboxylic acids is 1. The van der Waals surface area contributed by atoms with Gasteiger partial charge in [-0.2, -0.15) is 0 Å². The first-order valence-electron chi connectivity index (χ1n) is 7.53. The Labute approximate surface area is 120 Å². The van der Waals surface area contributed by atoms with Gasteiger partial charge in [-0.25, -0.2) is 0 Å². The van der Waals surface area contributed by atoms with E-state index in [4.69, 9.17) is 9.84 Å². The van der Waals surface area contributed by atoms with Gasteiger partial charge >= 0.3 is 5.97 Å². The molecule has 1 amide bonds. The number of hydrogen-bond donors (Lipinski definition) is 1. The maximum absolute atomic E-state index is 12.4. The summed E-state index contributed by atoms with van der Waals surface area (Å²) in [5.41, 5.74) is -0.289. The smallest absolute Gasteiger partial charge is 0.303 e. The predicted octanol–water partition coefficient (Wildman–Crippen LogP) is 1.91. The van der Waals surface area contributed by atoms with E-state index in [1.165, 1.54) is 0 Å². The summed E-state index contributed by atoms with van der Waals surface area (Å²) >= 11 is 0. The molecule has 0 radical (unpaired) electrons. The maximum atomic E-state index is 12.4. The summed E-state index contributed by atoms with van der Waals surface area (Å²) in [5.74, 6) is -0.215. The normalized spacial score (nSPS) is 25.1. The van der Waals surface area contributed by atoms with Crippen molar-refractivity contribution in [2.75, 3.05) is 26.8 Å². The molecule has 1 saturated carbocycles. The third-order valence-electron chi connectivity index (χ3n) is 4.76. The first-order chi connectivity index (χ1) is 9.54. The molecule has 0 aromatic carbocycles. The van der Waals surface area contributed by atoms with Crippen molar-refractivity contribution < 1.29 is 19.4 Å². The Morgan fingerprint density at radius 1 is 1.30 bits per heavy atom. The van der Waals surface area contributed by atoms with Crippen LogP contribution in [0.5, 0.6) is 0 Å². The molecule has 2 rings (SSSR count). The Morgan fingerprint density at radius 2 is 2.00 bits per heavy atom. The molecule has 5 nitrogen and oxygen atoms in total. The molecule has 1 aliphatic carbocycles. The Morgan fingerprint density at radius 3 is 2.60 bits per heavy atom. The first kappa shape index (κ1) is 15.3. The van der Waals surface area contributed by atoms with Crippen molar-refractivity contribution in [3.05, 3.63) is 0 Å². The molecule has 5 heteroatoms. The van der Waals surface area contributed by atoms with Crippen molar-refractivity contribution in [1.82, 2.24) is 4.90 Å². The van der Waals surface area contributed by atoms with Crippen LogP contribution in [0.25, 0.3) is 0 Å². The average molecular weight is 283 g/mol. The molecular formula is C15H25NO4. The zero-order valence-corrected chi connectivity index (χ0v) is 12.3. The van der Waals surface area contributed by atoms with Crippen molar-refractivity contribution >= 4 is 11.9 Å². The number of carboxylic acid groups (broad SMARTS) is 1. The van der Waals surface area contributed by atoms with Crippen molar-refractivity contribution in [1.29, 1.82) is 0 Å². The Hall–Kier alpha value is -1.10. The Bertz CT molecular complexity index is 363. The molecule has 2 aliphatic rings. The number of carbonyl (C=O) groups excluding carboxylic acids is 1. The summed E-state index contributed by atoms with van der Waals surface area (Å²) in [6.07, 6.45) is 5.37. The lowest BCUT2D eigenvalue weighted by atomic mass is 9.79. The number of ether oxygens (including phenoxy) is 1. The molecule has 1 saturated heterocycles. The fraction of sp³-hybridized carbons (Fsp3) is 0.867. The molecule has 1 heterocycles. The van der Waals surface area contributed by atoms with Crippen LogP contribution < -0.4 is 0 Å². The van der Waals surface area contributed by atoms with Crippen molar-refractivity contribution in [2.24, 2.45) is 11.3 Å². The Kier molecular flexibility index (Phi) is 5.02. The number of hydrogen-bond acceptors (Lipinski definition) is 3. The molecule has 114 valence electrons. The summed E-state index contributed by atoms with van der Waals surface area (Å²) in [6.45, 7) is 2.25. The number of carboxylic acids is 1. The average Bonchev–Trinajstić information content (AvgIpc) is 2.98. The number of rotatable bonds is 6. The molecule has 0 spiro atoms. The lowest BCUT2D eigenvalue weighted by Gasteiger charge is -2.29. The summed E-state index contributed by atoms with van der Waals surface area (Å²) in [5, 5.41) is 9.09. The fourth-order valence-corrected chi connectivity index (χ4v) is 3.73. The van der Waals surface area contributed by atoms with Crippen LogP contribution in [0, 0.1) is 11.3 Å². The highest BCUT2D eigenvalue weighted by molar-refractivity contribution is 5.78. The van der Waals surface area contributed by atoms with E-state index in [2.05, 4.69) is 0 Å². The highest BCUT2D eigenvalue weighted by Crippen LogP contribution is 2.44. The van der Waals surface area contributed by atoms with Crippen molar-refractivity contribution in [3.63, 3.8) is 0 Å². The summed E-state index contributed by atoms with van der Waals surface area (Å²) < 4.78 is 5.14. The molecular weight excluding hydrogens is 258 g/mol. The van der Waals surface area contributed by atoms with Crippen LogP contribution in [0.1, 0.15) is 44.9 Å². The van der Waals surface area contributed by atoms with Crippen LogP contribution in [0.3, 0.4) is 0 Å². The second-order valence-corrected chi connectivity index (χ2v) is 6.40. The van der Waals surface area contributed by atoms with Crippen molar-refractivity contribution in [2.45, 2.75) is 44.9 Å². The van der Waals surface area contributed by atoms with Gasteiger partial charge in [-0.05, 0) is 24.7 Å². The number of amides is 1. The summed E-state index contributed by atoms with van der Waals surface area (Å²) in [4.78, 5) is 25.4. The molecule has 1 atom stereocenters. The molecule has 1 unspecified atom stereocenters. The van der Waals surface area contributed by atoms with Gasteiger partial charge in [-0.15, -0.1) is 0 Å². The summed E-state index contributed by atoms with van der Waals surface area (Å²) in [7, 11) is 1.69. The van der Waals surface area contributed by atoms with E-state index >= 15 is 0 Å². The van der Waals surface area contributed by atoms with Gasteiger partial charge in [0, 0.05) is 32.5 Å². The minimum absolute atomic E-state index is 0.131. The quantitative estimate of drug-likeness (QED) is 0.808. The van der Waals surface area contributed by atoms with Crippen LogP contribution in [0.4, 0.5) is 0 Å². The predicted molar refractivity (Wildman–Crippen MR) is 74.3 cm³/mol. The topological polar surface area (TPSA) is 66.8 Å². The lowest BCUT2D eigenvalue weighted by molar-refractivity contribution is -0.141. The van der Waals surface area contributed by atoms with Crippen LogP contribution in [-0.2, 0) is 14.3 Å². The Balaban J connectivity index is 1.91. The third kappa shape index (κ3) is 3.72. The summed E-state index contributed by atoms with van der Waals surface area (Å²) in [6, 6.07) is 0. The van der Waals surface area contributed by atoms with Gasteiger partial charge in [-0.1, -0.05) is 12.8 Å². The fourth-order valence-electron chi connectivity index (χ4n) is 3.73. The van der Waals surface area contributed by atoms with E-state index in [0.29, 0.717) is 18.9 Å². The molecule has 0 aromatic heterocycles. The minimum Gasteiger partial charge on any atom is -0.481 e. The van der Waals surface area contributed by atoms with Gasteiger partial charge in [0.2, 0.25) is 5.91 Å². The minimum atomic E-state index is -0.779. The largest absolute Gasteiger partial charge is 0.481 e. The van der Waals surface area contributed by atoms with E-state index in [1.807, 2.05) is 4.90 Å². The third-order valence-corrected chi connectivity index (χ3v) is 4.76. The van der Waals surface area contributed by atoms with E-state index in [1.54, 1.807) is 7.11 Å². The van der Waals surface area contributed by atoms with Gasteiger partial charge in [-0.3, -0.25) is 9.59 Å². The van der Waals surface area contributed by atoms with Gasteiger partial charge < -0.3 is 14.7 Å². The SMILES string of the molecule is COCC1CCN(C(=O)CC2(CC(=O)O)CCCC2)C1. The van der Waals surface area contributed by atoms with Crippen LogP contribution in [0.15, 0.2) is 0 Å². The zero-order chi connectivity index (χ0) is 14.6. The van der Waals surface area contributed by atoms with Crippen molar-refractivity contribution in [3.8, 4) is 0 Å². The van der Waals surface area contributed by atoms with Gasteiger partial charge in [0.25, 0.3) is 0 Å². The highest BCUT2D eigenvalue weighted by Gasteiger charge is 2.39. The molecule has 1 aliphatic heterocycles. The lowest BCUT2D eigenvalue weighted by Crippen LogP contribution is -2.35. The van der Waals surface area contributed by atoms with Crippen LogP contribution >= 0.6 is 0 Å². The van der Waals surface area contributed by atoms with Gasteiger partial charge in [0.15, 0.2) is 0 Å². The van der Waals surface area contributed by atoms with Gasteiger partial charge in [0.1, 0.15) is 0 Å². The first-order valence-corrected chi connectivity index (χ1v) is 7.53. The second-order valence-electron chi connectivity index (χ2n) is 6.40. The number of carbonyl (C=O) groups is 2. The van der Waals surface area contributed by atoms with E-state index in [-0.39, 0.29) is 17.7 Å². The van der Waals surface area contributed by atoms with Gasteiger partial charge in [0.05, 0.1) is 13.0 Å². The van der Waals surface area contributed by atoms with Crippen LogP contribution in [-0.4, -0.2) is 48.7 Å². The van der Waals surface area contributed by atoms with Crippen LogP contribution in [0.2, 0.25) is 0 Å². The molecule has 0 bridgehead atoms. The van der Waals surface area contributed by atoms with E-state index in [9.17, 15) is 9.59 Å². The molecule has 20 heavy (non-hydrogen) atoms. The molecule has 1 N–H and O–H groups in total. The number of methoxy groups -OCH3 is 1. The highest BCUT2D eigenvalue weighted by atomic mass is 16.5. The molecule has 2 fully saturated rings.